The molecule has 1 fully saturated rings. The Balaban J connectivity index is 1.93. The van der Waals surface area contributed by atoms with Crippen LogP contribution in [-0.2, 0) is 6.54 Å². The number of piperidine rings is 1. The first-order valence-corrected chi connectivity index (χ1v) is 8.16. The molecule has 1 aliphatic heterocycles. The van der Waals surface area contributed by atoms with Crippen molar-refractivity contribution in [1.82, 2.24) is 9.97 Å². The van der Waals surface area contributed by atoms with Gasteiger partial charge in [0.2, 0.25) is 11.6 Å². The summed E-state index contributed by atoms with van der Waals surface area (Å²) >= 11 is 0. The predicted molar refractivity (Wildman–Crippen MR) is 93.3 cm³/mol. The minimum atomic E-state index is -0.360. The molecule has 2 aromatic rings. The molecule has 24 heavy (non-hydrogen) atoms. The molecule has 1 aromatic heterocycles. The fraction of sp³-hybridized carbons (Fsp3) is 0.412. The van der Waals surface area contributed by atoms with Gasteiger partial charge in [0.05, 0.1) is 4.92 Å². The van der Waals surface area contributed by atoms with E-state index in [1.165, 1.54) is 6.33 Å². The SMILES string of the molecule is CN(Cc1ccccc1)c1ncnc(N2CCCCC2)c1[N+](=O)[O-]. The second-order valence-corrected chi connectivity index (χ2v) is 6.02. The van der Waals surface area contributed by atoms with E-state index in [-0.39, 0.29) is 10.6 Å². The van der Waals surface area contributed by atoms with Gasteiger partial charge in [-0.2, -0.15) is 0 Å². The summed E-state index contributed by atoms with van der Waals surface area (Å²) in [6.07, 6.45) is 4.66. The van der Waals surface area contributed by atoms with Crippen molar-refractivity contribution >= 4 is 17.3 Å². The molecule has 2 heterocycles. The van der Waals surface area contributed by atoms with Crippen molar-refractivity contribution in [1.29, 1.82) is 0 Å². The third kappa shape index (κ3) is 3.45. The van der Waals surface area contributed by atoms with Crippen LogP contribution in [0.1, 0.15) is 24.8 Å². The van der Waals surface area contributed by atoms with E-state index in [1.807, 2.05) is 47.2 Å². The quantitative estimate of drug-likeness (QED) is 0.621. The zero-order valence-corrected chi connectivity index (χ0v) is 13.8. The first-order chi connectivity index (χ1) is 11.7. The van der Waals surface area contributed by atoms with Crippen LogP contribution in [0.2, 0.25) is 0 Å². The van der Waals surface area contributed by atoms with E-state index >= 15 is 0 Å². The van der Waals surface area contributed by atoms with Crippen LogP contribution in [0, 0.1) is 10.1 Å². The number of nitrogens with zero attached hydrogens (tertiary/aromatic N) is 5. The van der Waals surface area contributed by atoms with Crippen molar-refractivity contribution in [3.8, 4) is 0 Å². The molecule has 0 saturated carbocycles. The van der Waals surface area contributed by atoms with Crippen LogP contribution in [0.3, 0.4) is 0 Å². The van der Waals surface area contributed by atoms with Gasteiger partial charge in [-0.15, -0.1) is 0 Å². The molecule has 0 aliphatic carbocycles. The van der Waals surface area contributed by atoms with Crippen LogP contribution >= 0.6 is 0 Å². The van der Waals surface area contributed by atoms with Gasteiger partial charge in [0.25, 0.3) is 0 Å². The average Bonchev–Trinajstić information content (AvgIpc) is 2.62. The third-order valence-electron chi connectivity index (χ3n) is 4.25. The molecule has 1 saturated heterocycles. The van der Waals surface area contributed by atoms with Crippen LogP contribution in [0.25, 0.3) is 0 Å². The number of hydrogen-bond donors (Lipinski definition) is 0. The Morgan fingerprint density at radius 3 is 2.54 bits per heavy atom. The molecular weight excluding hydrogens is 306 g/mol. The van der Waals surface area contributed by atoms with Gasteiger partial charge in [-0.3, -0.25) is 10.1 Å². The highest BCUT2D eigenvalue weighted by molar-refractivity contribution is 5.71. The van der Waals surface area contributed by atoms with E-state index in [2.05, 4.69) is 9.97 Å². The molecule has 0 N–H and O–H groups in total. The minimum absolute atomic E-state index is 0.00201. The van der Waals surface area contributed by atoms with Crippen LogP contribution in [0.15, 0.2) is 36.7 Å². The molecule has 0 radical (unpaired) electrons. The number of rotatable bonds is 5. The fourth-order valence-corrected chi connectivity index (χ4v) is 3.07. The largest absolute Gasteiger partial charge is 0.353 e. The molecule has 3 rings (SSSR count). The van der Waals surface area contributed by atoms with E-state index in [1.54, 1.807) is 0 Å². The van der Waals surface area contributed by atoms with Crippen molar-refractivity contribution in [3.63, 3.8) is 0 Å². The average molecular weight is 327 g/mol. The second-order valence-electron chi connectivity index (χ2n) is 6.02. The molecular formula is C17H21N5O2. The van der Waals surface area contributed by atoms with Crippen LogP contribution in [0.4, 0.5) is 17.3 Å². The molecule has 1 aliphatic rings. The van der Waals surface area contributed by atoms with Crippen molar-refractivity contribution in [2.45, 2.75) is 25.8 Å². The Morgan fingerprint density at radius 2 is 1.88 bits per heavy atom. The van der Waals surface area contributed by atoms with Gasteiger partial charge < -0.3 is 9.80 Å². The van der Waals surface area contributed by atoms with E-state index in [0.29, 0.717) is 18.2 Å². The molecule has 0 atom stereocenters. The Bertz CT molecular complexity index is 701. The summed E-state index contributed by atoms with van der Waals surface area (Å²) in [5, 5.41) is 11.7. The van der Waals surface area contributed by atoms with Gasteiger partial charge in [-0.05, 0) is 24.8 Å². The first-order valence-electron chi connectivity index (χ1n) is 8.16. The van der Waals surface area contributed by atoms with Crippen molar-refractivity contribution in [2.24, 2.45) is 0 Å². The normalized spacial score (nSPS) is 14.5. The molecule has 0 amide bonds. The molecule has 0 bridgehead atoms. The Morgan fingerprint density at radius 1 is 1.17 bits per heavy atom. The summed E-state index contributed by atoms with van der Waals surface area (Å²) in [6, 6.07) is 9.85. The maximum absolute atomic E-state index is 11.7. The molecule has 7 heteroatoms. The second kappa shape index (κ2) is 7.25. The number of benzene rings is 1. The minimum Gasteiger partial charge on any atom is -0.351 e. The highest BCUT2D eigenvalue weighted by atomic mass is 16.6. The van der Waals surface area contributed by atoms with Gasteiger partial charge >= 0.3 is 5.69 Å². The summed E-state index contributed by atoms with van der Waals surface area (Å²) in [5.74, 6) is 0.795. The summed E-state index contributed by atoms with van der Waals surface area (Å²) < 4.78 is 0. The number of anilines is 2. The highest BCUT2D eigenvalue weighted by Crippen LogP contribution is 2.35. The maximum Gasteiger partial charge on any atom is 0.353 e. The summed E-state index contributed by atoms with van der Waals surface area (Å²) in [6.45, 7) is 2.16. The van der Waals surface area contributed by atoms with Gasteiger partial charge in [-0.1, -0.05) is 30.3 Å². The zero-order chi connectivity index (χ0) is 16.9. The van der Waals surface area contributed by atoms with Crippen LogP contribution < -0.4 is 9.80 Å². The fourth-order valence-electron chi connectivity index (χ4n) is 3.07. The number of nitro groups is 1. The summed E-state index contributed by atoms with van der Waals surface area (Å²) in [5.41, 5.74) is 1.07. The lowest BCUT2D eigenvalue weighted by Crippen LogP contribution is -2.31. The number of aromatic nitrogens is 2. The van der Waals surface area contributed by atoms with Crippen molar-refractivity contribution in [2.75, 3.05) is 29.9 Å². The smallest absolute Gasteiger partial charge is 0.351 e. The molecule has 1 aromatic carbocycles. The van der Waals surface area contributed by atoms with Crippen LogP contribution in [0.5, 0.6) is 0 Å². The lowest BCUT2D eigenvalue weighted by molar-refractivity contribution is -0.383. The Hall–Kier alpha value is -2.70. The van der Waals surface area contributed by atoms with Gasteiger partial charge in [-0.25, -0.2) is 9.97 Å². The van der Waals surface area contributed by atoms with Crippen molar-refractivity contribution in [3.05, 3.63) is 52.3 Å². The maximum atomic E-state index is 11.7. The Labute approximate surface area is 141 Å². The summed E-state index contributed by atoms with van der Waals surface area (Å²) in [4.78, 5) is 23.6. The van der Waals surface area contributed by atoms with E-state index in [0.717, 1.165) is 37.9 Å². The van der Waals surface area contributed by atoms with Gasteiger partial charge in [0, 0.05) is 26.7 Å². The van der Waals surface area contributed by atoms with Crippen LogP contribution in [-0.4, -0.2) is 35.0 Å². The highest BCUT2D eigenvalue weighted by Gasteiger charge is 2.29. The standard InChI is InChI=1S/C17H21N5O2/c1-20(12-14-8-4-2-5-9-14)16-15(22(23)24)17(19-13-18-16)21-10-6-3-7-11-21/h2,4-5,8-9,13H,3,6-7,10-12H2,1H3. The van der Waals surface area contributed by atoms with E-state index in [9.17, 15) is 10.1 Å². The molecule has 0 spiro atoms. The topological polar surface area (TPSA) is 75.4 Å². The summed E-state index contributed by atoms with van der Waals surface area (Å²) in [7, 11) is 1.82. The van der Waals surface area contributed by atoms with E-state index < -0.39 is 0 Å². The first kappa shape index (κ1) is 16.2. The zero-order valence-electron chi connectivity index (χ0n) is 13.8. The molecule has 126 valence electrons. The third-order valence-corrected chi connectivity index (χ3v) is 4.25. The monoisotopic (exact) mass is 327 g/mol. The predicted octanol–water partition coefficient (Wildman–Crippen LogP) is 3.01. The lowest BCUT2D eigenvalue weighted by atomic mass is 10.1. The van der Waals surface area contributed by atoms with Gasteiger partial charge in [0.1, 0.15) is 6.33 Å². The molecule has 0 unspecified atom stereocenters. The number of hydrogen-bond acceptors (Lipinski definition) is 6. The van der Waals surface area contributed by atoms with E-state index in [4.69, 9.17) is 0 Å². The Kier molecular flexibility index (Phi) is 4.88. The van der Waals surface area contributed by atoms with Crippen molar-refractivity contribution < 1.29 is 4.92 Å². The lowest BCUT2D eigenvalue weighted by Gasteiger charge is -2.28. The van der Waals surface area contributed by atoms with Gasteiger partial charge in [0.15, 0.2) is 0 Å². The molecule has 7 nitrogen and oxygen atoms in total.